The van der Waals surface area contributed by atoms with Gasteiger partial charge in [0.15, 0.2) is 5.25 Å². The van der Waals surface area contributed by atoms with Crippen molar-refractivity contribution in [3.8, 4) is 0 Å². The molecule has 10 heteroatoms. The minimum absolute atomic E-state index is 0. The van der Waals surface area contributed by atoms with Crippen molar-refractivity contribution < 1.29 is 32.4 Å². The zero-order chi connectivity index (χ0) is 22.7. The number of aliphatic carboxylic acids is 1. The van der Waals surface area contributed by atoms with Gasteiger partial charge in [-0.2, -0.15) is 8.42 Å². The third kappa shape index (κ3) is 24.0. The molecule has 0 aliphatic rings. The van der Waals surface area contributed by atoms with Crippen molar-refractivity contribution in [3.63, 3.8) is 0 Å². The van der Waals surface area contributed by atoms with Crippen molar-refractivity contribution in [3.05, 3.63) is 0 Å². The molecule has 0 amide bonds. The van der Waals surface area contributed by atoms with Crippen LogP contribution in [-0.4, -0.2) is 101 Å². The molecule has 32 heavy (non-hydrogen) atoms. The van der Waals surface area contributed by atoms with Crippen LogP contribution in [0, 0.1) is 0 Å². The van der Waals surface area contributed by atoms with Crippen LogP contribution in [-0.2, 0) is 24.4 Å². The molecule has 0 aliphatic heterocycles. The van der Waals surface area contributed by atoms with E-state index >= 15 is 0 Å². The minimum atomic E-state index is -4.79. The predicted molar refractivity (Wildman–Crippen MR) is 132 cm³/mol. The van der Waals surface area contributed by atoms with Gasteiger partial charge in [-0.1, -0.05) is 103 Å². The molecule has 0 fully saturated rings. The van der Waals surface area contributed by atoms with Crippen LogP contribution in [0.5, 0.6) is 0 Å². The molecule has 0 heterocycles. The van der Waals surface area contributed by atoms with Crippen molar-refractivity contribution in [2.24, 2.45) is 0 Å². The molecule has 0 aromatic heterocycles. The average molecular weight is 499 g/mol. The molecule has 0 spiro atoms. The van der Waals surface area contributed by atoms with E-state index in [9.17, 15) is 18.0 Å². The van der Waals surface area contributed by atoms with Crippen LogP contribution in [0.4, 0.5) is 0 Å². The molecule has 7 nitrogen and oxygen atoms in total. The first-order chi connectivity index (χ1) is 14.3. The monoisotopic (exact) mass is 498 g/mol. The number of carbonyl (C=O) groups excluding carboxylic acids is 1. The van der Waals surface area contributed by atoms with E-state index in [-0.39, 0.29) is 65.7 Å². The second kappa shape index (κ2) is 25.0. The zero-order valence-electron chi connectivity index (χ0n) is 18.6. The summed E-state index contributed by atoms with van der Waals surface area (Å²) in [5, 5.41) is 6.57. The first-order valence-corrected chi connectivity index (χ1v) is 13.1. The van der Waals surface area contributed by atoms with Crippen LogP contribution in [0.1, 0.15) is 116 Å². The number of hydrogen-bond acceptors (Lipinski definition) is 5. The van der Waals surface area contributed by atoms with Crippen molar-refractivity contribution in [1.82, 2.24) is 0 Å². The van der Waals surface area contributed by atoms with E-state index in [0.29, 0.717) is 6.42 Å². The van der Waals surface area contributed by atoms with E-state index in [1.165, 1.54) is 77.0 Å². The van der Waals surface area contributed by atoms with Gasteiger partial charge in [0.1, 0.15) is 0 Å². The quantitative estimate of drug-likeness (QED) is 0.105. The van der Waals surface area contributed by atoms with Crippen LogP contribution in [0.15, 0.2) is 0 Å². The Morgan fingerprint density at radius 1 is 0.719 bits per heavy atom. The molecule has 0 rings (SSSR count). The summed E-state index contributed by atoms with van der Waals surface area (Å²) in [6, 6.07) is 0. The summed E-state index contributed by atoms with van der Waals surface area (Å²) in [6.07, 6.45) is 18.5. The van der Waals surface area contributed by atoms with Gasteiger partial charge in [0.05, 0.1) is 13.0 Å². The van der Waals surface area contributed by atoms with Gasteiger partial charge >= 0.3 is 71.1 Å². The summed E-state index contributed by atoms with van der Waals surface area (Å²) in [4.78, 5) is 22.3. The summed E-state index contributed by atoms with van der Waals surface area (Å²) in [7, 11) is -4.79. The van der Waals surface area contributed by atoms with Crippen LogP contribution < -0.4 is 0 Å². The topological polar surface area (TPSA) is 118 Å². The zero-order valence-corrected chi connectivity index (χ0v) is 19.5. The van der Waals surface area contributed by atoms with Gasteiger partial charge in [0.25, 0.3) is 10.1 Å². The average Bonchev–Trinajstić information content (AvgIpc) is 2.67. The van der Waals surface area contributed by atoms with Crippen molar-refractivity contribution in [2.75, 3.05) is 6.61 Å². The Hall–Kier alpha value is 0.850. The normalized spacial score (nSPS) is 11.8. The number of hydrogen-bond donors (Lipinski definition) is 2. The number of rotatable bonds is 21. The molecular weight excluding hydrogens is 454 g/mol. The van der Waals surface area contributed by atoms with E-state index in [1.807, 2.05) is 0 Å². The van der Waals surface area contributed by atoms with Crippen molar-refractivity contribution >= 4 is 81.2 Å². The maximum absolute atomic E-state index is 11.7. The van der Waals surface area contributed by atoms with Crippen molar-refractivity contribution in [2.45, 2.75) is 121 Å². The molecule has 0 bridgehead atoms. The fraction of sp³-hybridized carbons (Fsp3) is 0.909. The number of unbranched alkanes of at least 4 members (excludes halogenated alkanes) is 15. The van der Waals surface area contributed by atoms with E-state index in [1.54, 1.807) is 0 Å². The number of ether oxygens (including phenoxy) is 1. The summed E-state index contributed by atoms with van der Waals surface area (Å²) in [5.74, 6) is -2.70. The van der Waals surface area contributed by atoms with Gasteiger partial charge in [-0.05, 0) is 6.42 Å². The Bertz CT molecular complexity index is 556. The van der Waals surface area contributed by atoms with Gasteiger partial charge < -0.3 is 9.84 Å². The molecule has 0 saturated carbocycles. The molecule has 2 N–H and O–H groups in total. The number of carbonyl (C=O) groups is 2. The summed E-state index contributed by atoms with van der Waals surface area (Å²) in [6.45, 7) is 2.27. The van der Waals surface area contributed by atoms with E-state index in [4.69, 9.17) is 14.4 Å². The molecule has 0 saturated heterocycles. The van der Waals surface area contributed by atoms with E-state index in [0.717, 1.165) is 19.3 Å². The van der Waals surface area contributed by atoms with Gasteiger partial charge in [-0.25, -0.2) is 0 Å². The first-order valence-electron chi connectivity index (χ1n) is 11.6. The van der Waals surface area contributed by atoms with Crippen LogP contribution in [0.25, 0.3) is 0 Å². The van der Waals surface area contributed by atoms with Gasteiger partial charge in [-0.3, -0.25) is 14.1 Å². The van der Waals surface area contributed by atoms with Crippen LogP contribution in [0.3, 0.4) is 0 Å². The van der Waals surface area contributed by atoms with Gasteiger partial charge in [-0.15, -0.1) is 0 Å². The molecule has 0 aromatic carbocycles. The molecule has 0 aliphatic carbocycles. The molecule has 0 radical (unpaired) electrons. The maximum atomic E-state index is 11.7. The molecule has 182 valence electrons. The molecule has 1 unspecified atom stereocenters. The summed E-state index contributed by atoms with van der Waals surface area (Å²) >= 11 is 0. The number of carboxylic acids is 1. The van der Waals surface area contributed by atoms with Gasteiger partial charge in [0, 0.05) is 0 Å². The van der Waals surface area contributed by atoms with Crippen LogP contribution in [0.2, 0.25) is 0 Å². The summed E-state index contributed by atoms with van der Waals surface area (Å²) in [5.41, 5.74) is 0. The van der Waals surface area contributed by atoms with Gasteiger partial charge in [0.2, 0.25) is 0 Å². The fourth-order valence-electron chi connectivity index (χ4n) is 3.38. The molecular formula is C22H44Na2O7S. The first kappa shape index (κ1) is 37.4. The van der Waals surface area contributed by atoms with Crippen molar-refractivity contribution in [1.29, 1.82) is 0 Å². The Morgan fingerprint density at radius 3 is 1.38 bits per heavy atom. The standard InChI is InChI=1S/C22H42O7S.2Na.2H/c1-2-3-4-5-6-7-8-9-10-11-12-13-14-15-16-17-18-29-22(25)20(19-21(23)24)30(26,27)28;;;;/h20H,2-19H2,1H3,(H,23,24)(H,26,27,28);;;;. The number of esters is 1. The molecule has 1 atom stereocenters. The number of carboxylic acid groups (broad SMARTS) is 1. The Kier molecular flexibility index (Phi) is 29.2. The Labute approximate surface area is 239 Å². The van der Waals surface area contributed by atoms with E-state index in [2.05, 4.69) is 6.92 Å². The van der Waals surface area contributed by atoms with Crippen LogP contribution >= 0.6 is 0 Å². The second-order valence-corrected chi connectivity index (χ2v) is 9.67. The summed E-state index contributed by atoms with van der Waals surface area (Å²) < 4.78 is 35.9. The second-order valence-electron chi connectivity index (χ2n) is 8.07. The Morgan fingerprint density at radius 2 is 1.06 bits per heavy atom. The third-order valence-corrected chi connectivity index (χ3v) is 6.30. The fourth-order valence-corrected chi connectivity index (χ4v) is 4.05. The Balaban J connectivity index is -0.00000420. The van der Waals surface area contributed by atoms with E-state index < -0.39 is 33.7 Å². The molecule has 0 aromatic rings. The third-order valence-electron chi connectivity index (χ3n) is 5.22. The SMILES string of the molecule is CCCCCCCCCCCCCCCCCCOC(=O)C(CC(=O)O)S(=O)(=O)O.[NaH].[NaH]. The predicted octanol–water partition coefficient (Wildman–Crippen LogP) is 4.23.